The fourth-order valence-electron chi connectivity index (χ4n) is 12.2. The van der Waals surface area contributed by atoms with Crippen molar-refractivity contribution in [3.8, 4) is 27.9 Å². The van der Waals surface area contributed by atoms with Gasteiger partial charge < -0.3 is 9.38 Å². The average molecular weight is 859 g/mol. The van der Waals surface area contributed by atoms with E-state index < -0.39 is 0 Å². The van der Waals surface area contributed by atoms with Gasteiger partial charge in [-0.15, -0.1) is 22.7 Å². The number of fused-ring (bicyclic) bond motifs is 19. The Bertz CT molecular complexity index is 3900. The number of benzene rings is 8. The molecule has 2 nitrogen and oxygen atoms in total. The molecule has 0 amide bonds. The second-order valence-electron chi connectivity index (χ2n) is 21.3. The van der Waals surface area contributed by atoms with E-state index in [0.29, 0.717) is 0 Å². The molecule has 0 unspecified atom stereocenters. The van der Waals surface area contributed by atoms with Crippen molar-refractivity contribution in [1.29, 1.82) is 0 Å². The summed E-state index contributed by atoms with van der Waals surface area (Å²) in [6.45, 7) is 18.9. The Morgan fingerprint density at radius 1 is 0.516 bits per heavy atom. The molecule has 8 aromatic carbocycles. The second-order valence-corrected chi connectivity index (χ2v) is 23.5. The molecule has 0 saturated heterocycles. The predicted molar refractivity (Wildman–Crippen MR) is 281 cm³/mol. The fourth-order valence-corrected chi connectivity index (χ4v) is 14.4. The molecule has 0 atom stereocenters. The first kappa shape index (κ1) is 37.3. The first-order valence-corrected chi connectivity index (χ1v) is 24.5. The second kappa shape index (κ2) is 12.1. The molecule has 0 saturated carbocycles. The third-order valence-corrected chi connectivity index (χ3v) is 17.5. The van der Waals surface area contributed by atoms with Crippen molar-refractivity contribution in [2.24, 2.45) is 0 Å². The van der Waals surface area contributed by atoms with E-state index in [4.69, 9.17) is 0 Å². The van der Waals surface area contributed by atoms with Crippen LogP contribution in [0.5, 0.6) is 0 Å². The maximum absolute atomic E-state index is 2.75. The van der Waals surface area contributed by atoms with Crippen molar-refractivity contribution >= 4 is 114 Å². The highest BCUT2D eigenvalue weighted by Crippen LogP contribution is 2.60. The van der Waals surface area contributed by atoms with E-state index in [0.717, 1.165) is 0 Å². The van der Waals surface area contributed by atoms with Crippen LogP contribution in [0.4, 0.5) is 11.4 Å². The molecule has 3 aromatic heterocycles. The predicted octanol–water partition coefficient (Wildman–Crippen LogP) is 15.7. The molecule has 0 spiro atoms. The van der Waals surface area contributed by atoms with E-state index in [1.807, 2.05) is 22.7 Å². The van der Waals surface area contributed by atoms with Crippen molar-refractivity contribution in [1.82, 2.24) is 4.57 Å². The number of nitrogens with zero attached hydrogens (tertiary/aromatic N) is 2. The summed E-state index contributed by atoms with van der Waals surface area (Å²) in [4.78, 5) is 2.75. The highest BCUT2D eigenvalue weighted by atomic mass is 32.1. The van der Waals surface area contributed by atoms with Gasteiger partial charge in [0.2, 0.25) is 0 Å². The van der Waals surface area contributed by atoms with Gasteiger partial charge in [-0.2, -0.15) is 0 Å². The summed E-state index contributed by atoms with van der Waals surface area (Å²) in [6, 6.07) is 54.6. The smallest absolute Gasteiger partial charge is 0.333 e. The number of hydrogen-bond donors (Lipinski definition) is 0. The van der Waals surface area contributed by atoms with E-state index in [1.165, 1.54) is 135 Å². The molecule has 0 radical (unpaired) electrons. The summed E-state index contributed by atoms with van der Waals surface area (Å²) in [7, 11) is 0. The molecular formula is C59H47BN2S2. The van der Waals surface area contributed by atoms with Crippen molar-refractivity contribution in [3.05, 3.63) is 162 Å². The third kappa shape index (κ3) is 4.66. The Hall–Kier alpha value is -6.14. The zero-order valence-electron chi connectivity index (χ0n) is 37.6. The average Bonchev–Trinajstić information content (AvgIpc) is 4.00. The molecule has 2 aliphatic heterocycles. The lowest BCUT2D eigenvalue weighted by Gasteiger charge is -2.44. The van der Waals surface area contributed by atoms with Crippen LogP contribution in [0.25, 0.3) is 90.1 Å². The molecule has 5 heterocycles. The van der Waals surface area contributed by atoms with Crippen molar-refractivity contribution in [2.45, 2.75) is 71.6 Å². The van der Waals surface area contributed by atoms with Gasteiger partial charge in [0.1, 0.15) is 0 Å². The van der Waals surface area contributed by atoms with Gasteiger partial charge in [0.05, 0.1) is 11.0 Å². The van der Waals surface area contributed by atoms with Gasteiger partial charge in [0.15, 0.2) is 0 Å². The third-order valence-electron chi connectivity index (χ3n) is 15.2. The van der Waals surface area contributed by atoms with Crippen LogP contribution in [-0.4, -0.2) is 11.4 Å². The zero-order chi connectivity index (χ0) is 43.3. The molecule has 14 rings (SSSR count). The summed E-state index contributed by atoms with van der Waals surface area (Å²) in [5, 5.41) is 8.09. The van der Waals surface area contributed by atoms with E-state index in [1.54, 1.807) is 0 Å². The topological polar surface area (TPSA) is 8.17 Å². The standard InChI is InChI=1S/C59H47BN2S2/c1-57(2,3)32-21-24-34(25-22-32)62-45-29-39-36-16-11-14-20-48(36)63-49(39)30-41(45)53-54-51(37-17-9-12-18-42(37)59(54,7)8)52-40-27-33(58(4,5)6)23-26-44(40)61-46-31-50-38(35-15-10-13-19-47(35)64-50)28-43(46)60(62)55(53)56(52)61/h9-31H,1-8H3. The number of aromatic nitrogens is 1. The zero-order valence-corrected chi connectivity index (χ0v) is 39.2. The molecule has 3 aliphatic rings. The highest BCUT2D eigenvalue weighted by Gasteiger charge is 2.50. The van der Waals surface area contributed by atoms with Gasteiger partial charge >= 0.3 is 6.85 Å². The Balaban J connectivity index is 1.24. The van der Waals surface area contributed by atoms with Crippen LogP contribution in [0, 0.1) is 0 Å². The molecule has 11 aromatic rings. The van der Waals surface area contributed by atoms with Gasteiger partial charge in [-0.25, -0.2) is 0 Å². The van der Waals surface area contributed by atoms with Crippen LogP contribution in [0.2, 0.25) is 0 Å². The number of anilines is 2. The Labute approximate surface area is 382 Å². The monoisotopic (exact) mass is 858 g/mol. The van der Waals surface area contributed by atoms with E-state index in [-0.39, 0.29) is 23.1 Å². The van der Waals surface area contributed by atoms with Crippen molar-refractivity contribution in [3.63, 3.8) is 0 Å². The molecule has 64 heavy (non-hydrogen) atoms. The van der Waals surface area contributed by atoms with Crippen LogP contribution in [0.3, 0.4) is 0 Å². The Morgan fingerprint density at radius 3 is 1.84 bits per heavy atom. The molecule has 0 fully saturated rings. The van der Waals surface area contributed by atoms with Gasteiger partial charge in [-0.1, -0.05) is 140 Å². The summed E-state index contributed by atoms with van der Waals surface area (Å²) in [5.74, 6) is 0. The van der Waals surface area contributed by atoms with E-state index in [2.05, 4.69) is 204 Å². The molecule has 308 valence electrons. The van der Waals surface area contributed by atoms with Crippen LogP contribution in [-0.2, 0) is 16.2 Å². The highest BCUT2D eigenvalue weighted by molar-refractivity contribution is 7.26. The van der Waals surface area contributed by atoms with Gasteiger partial charge in [-0.05, 0) is 115 Å². The fraction of sp³-hybridized carbons (Fsp3) is 0.186. The van der Waals surface area contributed by atoms with Crippen molar-refractivity contribution in [2.75, 3.05) is 4.81 Å². The van der Waals surface area contributed by atoms with Crippen LogP contribution in [0.1, 0.15) is 77.6 Å². The number of hydrogen-bond acceptors (Lipinski definition) is 3. The SMILES string of the molecule is CC(C)(C)c1ccc(N2B3c4cc5c(cc4-n4c6ccc(C(C)(C)C)cc6c6c7c(c(c3c64)-c3cc4sc6ccccc6c4cc32)C(C)(C)c2ccccc2-7)sc2ccccc25)cc1. The Kier molecular flexibility index (Phi) is 7.07. The lowest BCUT2D eigenvalue weighted by Crippen LogP contribution is -2.61. The molecule has 0 bridgehead atoms. The molecule has 1 aliphatic carbocycles. The molecular weight excluding hydrogens is 812 g/mol. The minimum Gasteiger partial charge on any atom is -0.376 e. The summed E-state index contributed by atoms with van der Waals surface area (Å²) >= 11 is 3.85. The summed E-state index contributed by atoms with van der Waals surface area (Å²) < 4.78 is 8.05. The molecule has 5 heteroatoms. The largest absolute Gasteiger partial charge is 0.376 e. The van der Waals surface area contributed by atoms with Gasteiger partial charge in [0, 0.05) is 79.2 Å². The van der Waals surface area contributed by atoms with Crippen LogP contribution >= 0.6 is 22.7 Å². The van der Waals surface area contributed by atoms with Crippen LogP contribution in [0.15, 0.2) is 140 Å². The van der Waals surface area contributed by atoms with Gasteiger partial charge in [-0.3, -0.25) is 0 Å². The van der Waals surface area contributed by atoms with E-state index >= 15 is 0 Å². The van der Waals surface area contributed by atoms with E-state index in [9.17, 15) is 0 Å². The van der Waals surface area contributed by atoms with Crippen LogP contribution < -0.4 is 15.7 Å². The number of rotatable bonds is 1. The first-order chi connectivity index (χ1) is 30.8. The lowest BCUT2D eigenvalue weighted by molar-refractivity contribution is 0.590. The molecule has 0 N–H and O–H groups in total. The minimum atomic E-state index is -0.247. The number of thiophene rings is 2. The normalized spacial score (nSPS) is 14.9. The Morgan fingerprint density at radius 2 is 1.14 bits per heavy atom. The maximum Gasteiger partial charge on any atom is 0.333 e. The minimum absolute atomic E-state index is 0.00832. The summed E-state index contributed by atoms with van der Waals surface area (Å²) in [5.41, 5.74) is 20.2. The first-order valence-electron chi connectivity index (χ1n) is 22.9. The van der Waals surface area contributed by atoms with Gasteiger partial charge in [0.25, 0.3) is 0 Å². The quantitative estimate of drug-likeness (QED) is 0.149. The van der Waals surface area contributed by atoms with Crippen molar-refractivity contribution < 1.29 is 0 Å². The lowest BCUT2D eigenvalue weighted by atomic mass is 9.43. The maximum atomic E-state index is 2.75. The summed E-state index contributed by atoms with van der Waals surface area (Å²) in [6.07, 6.45) is 0.